The number of halogens is 2. The molecule has 0 aromatic heterocycles. The normalized spacial score (nSPS) is 18.8. The molecule has 18 heavy (non-hydrogen) atoms. The van der Waals surface area contributed by atoms with Gasteiger partial charge in [0.2, 0.25) is 0 Å². The summed E-state index contributed by atoms with van der Waals surface area (Å²) < 4.78 is 27.4. The SMILES string of the molecule is NCC(NC1CCCCC1)c1c(F)cccc1F. The summed E-state index contributed by atoms with van der Waals surface area (Å²) in [6.07, 6.45) is 5.72. The lowest BCUT2D eigenvalue weighted by molar-refractivity contribution is 0.332. The average Bonchev–Trinajstić information content (AvgIpc) is 2.38. The van der Waals surface area contributed by atoms with Crippen LogP contribution in [0.2, 0.25) is 0 Å². The first-order chi connectivity index (χ1) is 8.72. The second kappa shape index (κ2) is 6.25. The maximum absolute atomic E-state index is 13.7. The zero-order valence-electron chi connectivity index (χ0n) is 10.5. The highest BCUT2D eigenvalue weighted by molar-refractivity contribution is 5.23. The van der Waals surface area contributed by atoms with Gasteiger partial charge in [-0.25, -0.2) is 8.78 Å². The summed E-state index contributed by atoms with van der Waals surface area (Å²) in [5.41, 5.74) is 5.74. The van der Waals surface area contributed by atoms with Crippen LogP contribution in [0.25, 0.3) is 0 Å². The van der Waals surface area contributed by atoms with E-state index in [1.165, 1.54) is 37.5 Å². The Morgan fingerprint density at radius 2 is 1.78 bits per heavy atom. The molecule has 0 spiro atoms. The van der Waals surface area contributed by atoms with Crippen molar-refractivity contribution in [3.63, 3.8) is 0 Å². The predicted molar refractivity (Wildman–Crippen MR) is 68.2 cm³/mol. The van der Waals surface area contributed by atoms with Crippen LogP contribution >= 0.6 is 0 Å². The van der Waals surface area contributed by atoms with Gasteiger partial charge in [0.1, 0.15) is 11.6 Å². The standard InChI is InChI=1S/C14H20F2N2/c15-11-7-4-8-12(16)14(11)13(9-17)18-10-5-2-1-3-6-10/h4,7-8,10,13,18H,1-3,5-6,9,17H2. The van der Waals surface area contributed by atoms with Crippen LogP contribution in [0.1, 0.15) is 43.7 Å². The fraction of sp³-hybridized carbons (Fsp3) is 0.571. The molecule has 100 valence electrons. The molecule has 1 fully saturated rings. The molecule has 1 saturated carbocycles. The highest BCUT2D eigenvalue weighted by atomic mass is 19.1. The lowest BCUT2D eigenvalue weighted by atomic mass is 9.94. The molecule has 1 unspecified atom stereocenters. The van der Waals surface area contributed by atoms with E-state index in [1.807, 2.05) is 0 Å². The third kappa shape index (κ3) is 3.06. The first kappa shape index (κ1) is 13.4. The lowest BCUT2D eigenvalue weighted by Gasteiger charge is -2.28. The summed E-state index contributed by atoms with van der Waals surface area (Å²) in [6, 6.07) is 3.83. The van der Waals surface area contributed by atoms with E-state index in [4.69, 9.17) is 5.73 Å². The first-order valence-corrected chi connectivity index (χ1v) is 6.62. The molecule has 4 heteroatoms. The fourth-order valence-corrected chi connectivity index (χ4v) is 2.67. The van der Waals surface area contributed by atoms with Gasteiger partial charge >= 0.3 is 0 Å². The van der Waals surface area contributed by atoms with Gasteiger partial charge in [0.25, 0.3) is 0 Å². The Morgan fingerprint density at radius 3 is 2.33 bits per heavy atom. The average molecular weight is 254 g/mol. The van der Waals surface area contributed by atoms with Crippen LogP contribution in [0.15, 0.2) is 18.2 Å². The van der Waals surface area contributed by atoms with E-state index < -0.39 is 17.7 Å². The Hall–Kier alpha value is -1.00. The molecule has 0 radical (unpaired) electrons. The molecule has 1 aliphatic rings. The number of hydrogen-bond donors (Lipinski definition) is 2. The topological polar surface area (TPSA) is 38.0 Å². The second-order valence-corrected chi connectivity index (χ2v) is 4.93. The van der Waals surface area contributed by atoms with Crippen LogP contribution in [0, 0.1) is 11.6 Å². The molecule has 0 amide bonds. The maximum Gasteiger partial charge on any atom is 0.130 e. The lowest BCUT2D eigenvalue weighted by Crippen LogP contribution is -2.38. The van der Waals surface area contributed by atoms with Crippen LogP contribution in [-0.4, -0.2) is 12.6 Å². The van der Waals surface area contributed by atoms with Gasteiger partial charge in [-0.3, -0.25) is 0 Å². The largest absolute Gasteiger partial charge is 0.329 e. The van der Waals surface area contributed by atoms with Gasteiger partial charge < -0.3 is 11.1 Å². The van der Waals surface area contributed by atoms with Crippen LogP contribution in [0.5, 0.6) is 0 Å². The first-order valence-electron chi connectivity index (χ1n) is 6.62. The molecular weight excluding hydrogens is 234 g/mol. The summed E-state index contributed by atoms with van der Waals surface area (Å²) in [6.45, 7) is 0.203. The maximum atomic E-state index is 13.7. The molecule has 0 bridgehead atoms. The predicted octanol–water partition coefficient (Wildman–Crippen LogP) is 2.89. The smallest absolute Gasteiger partial charge is 0.130 e. The minimum Gasteiger partial charge on any atom is -0.329 e. The van der Waals surface area contributed by atoms with Crippen LogP contribution in [-0.2, 0) is 0 Å². The van der Waals surface area contributed by atoms with Gasteiger partial charge in [0.15, 0.2) is 0 Å². The number of nitrogens with two attached hydrogens (primary N) is 1. The molecular formula is C14H20F2N2. The fourth-order valence-electron chi connectivity index (χ4n) is 2.67. The van der Waals surface area contributed by atoms with E-state index in [2.05, 4.69) is 5.32 Å². The number of rotatable bonds is 4. The van der Waals surface area contributed by atoms with Crippen molar-refractivity contribution in [3.05, 3.63) is 35.4 Å². The Morgan fingerprint density at radius 1 is 1.17 bits per heavy atom. The molecule has 0 aliphatic heterocycles. The highest BCUT2D eigenvalue weighted by Gasteiger charge is 2.22. The third-order valence-corrected chi connectivity index (χ3v) is 3.63. The van der Waals surface area contributed by atoms with E-state index >= 15 is 0 Å². The van der Waals surface area contributed by atoms with Gasteiger partial charge in [0, 0.05) is 18.2 Å². The molecule has 1 aromatic rings. The summed E-state index contributed by atoms with van der Waals surface area (Å²) in [7, 11) is 0. The number of nitrogens with one attached hydrogen (secondary N) is 1. The van der Waals surface area contributed by atoms with E-state index in [0.717, 1.165) is 12.8 Å². The number of benzene rings is 1. The molecule has 0 heterocycles. The van der Waals surface area contributed by atoms with E-state index in [0.29, 0.717) is 6.04 Å². The molecule has 1 aromatic carbocycles. The third-order valence-electron chi connectivity index (χ3n) is 3.63. The Kier molecular flexibility index (Phi) is 4.66. The summed E-state index contributed by atoms with van der Waals surface area (Å²) in [5, 5.41) is 3.30. The van der Waals surface area contributed by atoms with E-state index in [1.54, 1.807) is 0 Å². The minimum atomic E-state index is -0.520. The van der Waals surface area contributed by atoms with Gasteiger partial charge in [-0.05, 0) is 25.0 Å². The summed E-state index contributed by atoms with van der Waals surface area (Å²) in [4.78, 5) is 0. The van der Waals surface area contributed by atoms with Gasteiger partial charge in [-0.1, -0.05) is 25.3 Å². The Bertz CT molecular complexity index is 369. The van der Waals surface area contributed by atoms with Crippen molar-refractivity contribution in [1.29, 1.82) is 0 Å². The van der Waals surface area contributed by atoms with Crippen molar-refractivity contribution in [2.24, 2.45) is 5.73 Å². The van der Waals surface area contributed by atoms with Gasteiger partial charge in [-0.2, -0.15) is 0 Å². The molecule has 2 nitrogen and oxygen atoms in total. The van der Waals surface area contributed by atoms with E-state index in [-0.39, 0.29) is 12.1 Å². The Labute approximate surface area is 107 Å². The molecule has 3 N–H and O–H groups in total. The Balaban J connectivity index is 2.12. The van der Waals surface area contributed by atoms with Crippen molar-refractivity contribution >= 4 is 0 Å². The quantitative estimate of drug-likeness (QED) is 0.867. The second-order valence-electron chi connectivity index (χ2n) is 4.93. The van der Waals surface area contributed by atoms with Crippen molar-refractivity contribution in [1.82, 2.24) is 5.32 Å². The molecule has 2 rings (SSSR count). The van der Waals surface area contributed by atoms with Crippen molar-refractivity contribution in [2.75, 3.05) is 6.54 Å². The van der Waals surface area contributed by atoms with Crippen molar-refractivity contribution in [2.45, 2.75) is 44.2 Å². The molecule has 0 saturated heterocycles. The zero-order chi connectivity index (χ0) is 13.0. The highest BCUT2D eigenvalue weighted by Crippen LogP contribution is 2.24. The minimum absolute atomic E-state index is 0.0746. The molecule has 1 aliphatic carbocycles. The summed E-state index contributed by atoms with van der Waals surface area (Å²) >= 11 is 0. The van der Waals surface area contributed by atoms with E-state index in [9.17, 15) is 8.78 Å². The van der Waals surface area contributed by atoms with Gasteiger partial charge in [0.05, 0.1) is 6.04 Å². The van der Waals surface area contributed by atoms with Crippen LogP contribution in [0.3, 0.4) is 0 Å². The van der Waals surface area contributed by atoms with Crippen molar-refractivity contribution in [3.8, 4) is 0 Å². The van der Waals surface area contributed by atoms with Gasteiger partial charge in [-0.15, -0.1) is 0 Å². The zero-order valence-corrected chi connectivity index (χ0v) is 10.5. The van der Waals surface area contributed by atoms with Crippen LogP contribution in [0.4, 0.5) is 8.78 Å². The van der Waals surface area contributed by atoms with Crippen molar-refractivity contribution < 1.29 is 8.78 Å². The number of hydrogen-bond acceptors (Lipinski definition) is 2. The van der Waals surface area contributed by atoms with Crippen LogP contribution < -0.4 is 11.1 Å². The summed E-state index contributed by atoms with van der Waals surface area (Å²) in [5.74, 6) is -1.04. The monoisotopic (exact) mass is 254 g/mol. The molecule has 1 atom stereocenters.